The van der Waals surface area contributed by atoms with Gasteiger partial charge in [0.05, 0.1) is 21.5 Å². The van der Waals surface area contributed by atoms with Crippen molar-refractivity contribution in [2.24, 2.45) is 0 Å². The van der Waals surface area contributed by atoms with Gasteiger partial charge in [-0.05, 0) is 25.1 Å². The van der Waals surface area contributed by atoms with Gasteiger partial charge < -0.3 is 10.6 Å². The smallest absolute Gasteiger partial charge is 0.235 e. The van der Waals surface area contributed by atoms with Gasteiger partial charge in [0.1, 0.15) is 5.75 Å². The highest BCUT2D eigenvalue weighted by Gasteiger charge is 2.13. The molecule has 1 atom stereocenters. The SMILES string of the molecule is CCN(C)C(=O)CS(=O)c1ccc(N)c(Cl)c1. The quantitative estimate of drug-likeness (QED) is 0.847. The van der Waals surface area contributed by atoms with E-state index in [1.165, 1.54) is 11.0 Å². The number of anilines is 1. The van der Waals surface area contributed by atoms with E-state index in [1.54, 1.807) is 19.2 Å². The summed E-state index contributed by atoms with van der Waals surface area (Å²) >= 11 is 5.83. The molecule has 1 aromatic rings. The lowest BCUT2D eigenvalue weighted by molar-refractivity contribution is -0.126. The maximum atomic E-state index is 11.9. The molecule has 1 amide bonds. The van der Waals surface area contributed by atoms with E-state index in [1.807, 2.05) is 6.92 Å². The molecule has 0 heterocycles. The van der Waals surface area contributed by atoms with E-state index in [9.17, 15) is 9.00 Å². The summed E-state index contributed by atoms with van der Waals surface area (Å²) in [5.74, 6) is -0.191. The zero-order valence-corrected chi connectivity index (χ0v) is 11.3. The van der Waals surface area contributed by atoms with Crippen LogP contribution in [-0.4, -0.2) is 34.4 Å². The molecule has 6 heteroatoms. The molecule has 0 aliphatic carbocycles. The van der Waals surface area contributed by atoms with Gasteiger partial charge in [0, 0.05) is 18.5 Å². The maximum Gasteiger partial charge on any atom is 0.235 e. The first-order chi connectivity index (χ1) is 7.95. The van der Waals surface area contributed by atoms with Gasteiger partial charge in [0.25, 0.3) is 0 Å². The van der Waals surface area contributed by atoms with Crippen LogP contribution in [0.25, 0.3) is 0 Å². The lowest BCUT2D eigenvalue weighted by Crippen LogP contribution is -2.30. The minimum Gasteiger partial charge on any atom is -0.398 e. The van der Waals surface area contributed by atoms with E-state index in [4.69, 9.17) is 17.3 Å². The van der Waals surface area contributed by atoms with Gasteiger partial charge in [-0.1, -0.05) is 11.6 Å². The van der Waals surface area contributed by atoms with Gasteiger partial charge in [-0.3, -0.25) is 9.00 Å². The van der Waals surface area contributed by atoms with Gasteiger partial charge in [-0.2, -0.15) is 0 Å². The van der Waals surface area contributed by atoms with Crippen molar-refractivity contribution in [3.8, 4) is 0 Å². The van der Waals surface area contributed by atoms with E-state index in [0.717, 1.165) is 0 Å². The number of hydrogen-bond acceptors (Lipinski definition) is 3. The van der Waals surface area contributed by atoms with Crippen molar-refractivity contribution in [1.29, 1.82) is 0 Å². The van der Waals surface area contributed by atoms with E-state index in [0.29, 0.717) is 22.2 Å². The van der Waals surface area contributed by atoms with Gasteiger partial charge >= 0.3 is 0 Å². The molecule has 2 N–H and O–H groups in total. The lowest BCUT2D eigenvalue weighted by Gasteiger charge is -2.14. The minimum absolute atomic E-state index is 0.0371. The molecule has 0 spiro atoms. The fourth-order valence-electron chi connectivity index (χ4n) is 1.13. The Kier molecular flexibility index (Phi) is 4.96. The summed E-state index contributed by atoms with van der Waals surface area (Å²) in [6.45, 7) is 2.46. The number of hydrogen-bond donors (Lipinski definition) is 1. The third-order valence-corrected chi connectivity index (χ3v) is 4.01. The fourth-order valence-corrected chi connectivity index (χ4v) is 2.46. The van der Waals surface area contributed by atoms with Crippen molar-refractivity contribution in [3.05, 3.63) is 23.2 Å². The Morgan fingerprint density at radius 1 is 1.53 bits per heavy atom. The standard InChI is InChI=1S/C11H15ClN2O2S/c1-3-14(2)11(15)7-17(16)8-4-5-10(13)9(12)6-8/h4-6H,3,7,13H2,1-2H3. The molecule has 1 rings (SSSR count). The summed E-state index contributed by atoms with van der Waals surface area (Å²) in [5.41, 5.74) is 5.99. The minimum atomic E-state index is -1.39. The van der Waals surface area contributed by atoms with Crippen molar-refractivity contribution in [1.82, 2.24) is 4.90 Å². The van der Waals surface area contributed by atoms with Crippen molar-refractivity contribution in [2.75, 3.05) is 25.1 Å². The summed E-state index contributed by atoms with van der Waals surface area (Å²) in [6, 6.07) is 4.74. The number of amides is 1. The molecule has 0 aliphatic heterocycles. The van der Waals surface area contributed by atoms with Crippen LogP contribution in [0, 0.1) is 0 Å². The predicted octanol–water partition coefficient (Wildman–Crippen LogP) is 1.51. The van der Waals surface area contributed by atoms with Crippen LogP contribution in [0.3, 0.4) is 0 Å². The maximum absolute atomic E-state index is 11.9. The number of halogens is 1. The molecule has 0 saturated heterocycles. The molecule has 1 aromatic carbocycles. The van der Waals surface area contributed by atoms with Gasteiger partial charge in [0.15, 0.2) is 0 Å². The summed E-state index contributed by atoms with van der Waals surface area (Å²) in [6.07, 6.45) is 0. The Balaban J connectivity index is 2.77. The van der Waals surface area contributed by atoms with E-state index >= 15 is 0 Å². The van der Waals surface area contributed by atoms with Crippen molar-refractivity contribution < 1.29 is 9.00 Å². The van der Waals surface area contributed by atoms with Crippen LogP contribution < -0.4 is 5.73 Å². The topological polar surface area (TPSA) is 63.4 Å². The summed E-state index contributed by atoms with van der Waals surface area (Å²) < 4.78 is 11.9. The van der Waals surface area contributed by atoms with Crippen LogP contribution in [-0.2, 0) is 15.6 Å². The average molecular weight is 275 g/mol. The van der Waals surface area contributed by atoms with Crippen LogP contribution in [0.2, 0.25) is 5.02 Å². The number of rotatable bonds is 4. The highest BCUT2D eigenvalue weighted by Crippen LogP contribution is 2.21. The van der Waals surface area contributed by atoms with Crippen LogP contribution in [0.15, 0.2) is 23.1 Å². The Morgan fingerprint density at radius 3 is 2.71 bits per heavy atom. The number of carbonyl (C=O) groups excluding carboxylic acids is 1. The third kappa shape index (κ3) is 3.71. The van der Waals surface area contributed by atoms with Gasteiger partial charge in [0.2, 0.25) is 5.91 Å². The second kappa shape index (κ2) is 6.02. The Morgan fingerprint density at radius 2 is 2.18 bits per heavy atom. The number of nitrogens with zero attached hydrogens (tertiary/aromatic N) is 1. The molecule has 0 bridgehead atoms. The van der Waals surface area contributed by atoms with Gasteiger partial charge in [-0.15, -0.1) is 0 Å². The van der Waals surface area contributed by atoms with Crippen LogP contribution >= 0.6 is 11.6 Å². The second-order valence-corrected chi connectivity index (χ2v) is 5.44. The highest BCUT2D eigenvalue weighted by atomic mass is 35.5. The molecule has 4 nitrogen and oxygen atoms in total. The monoisotopic (exact) mass is 274 g/mol. The largest absolute Gasteiger partial charge is 0.398 e. The second-order valence-electron chi connectivity index (χ2n) is 3.58. The number of benzene rings is 1. The van der Waals surface area contributed by atoms with Crippen molar-refractivity contribution >= 4 is 34.0 Å². The van der Waals surface area contributed by atoms with Crippen molar-refractivity contribution in [2.45, 2.75) is 11.8 Å². The molecule has 0 fully saturated rings. The fraction of sp³-hybridized carbons (Fsp3) is 0.364. The zero-order chi connectivity index (χ0) is 13.0. The van der Waals surface area contributed by atoms with Crippen LogP contribution in [0.4, 0.5) is 5.69 Å². The first kappa shape index (κ1) is 14.0. The molecule has 94 valence electrons. The van der Waals surface area contributed by atoms with E-state index < -0.39 is 10.8 Å². The van der Waals surface area contributed by atoms with E-state index in [-0.39, 0.29) is 11.7 Å². The van der Waals surface area contributed by atoms with Crippen molar-refractivity contribution in [3.63, 3.8) is 0 Å². The average Bonchev–Trinajstić information content (AvgIpc) is 2.31. The highest BCUT2D eigenvalue weighted by molar-refractivity contribution is 7.85. The molecular formula is C11H15ClN2O2S. The molecule has 0 aromatic heterocycles. The Bertz CT molecular complexity index is 451. The molecule has 0 saturated carbocycles. The Labute approximate surface area is 108 Å². The number of nitrogens with two attached hydrogens (primary N) is 1. The van der Waals surface area contributed by atoms with Crippen LogP contribution in [0.5, 0.6) is 0 Å². The molecule has 1 unspecified atom stereocenters. The molecule has 17 heavy (non-hydrogen) atoms. The zero-order valence-electron chi connectivity index (χ0n) is 9.77. The summed E-state index contributed by atoms with van der Waals surface area (Å²) in [7, 11) is 0.291. The first-order valence-electron chi connectivity index (χ1n) is 5.13. The summed E-state index contributed by atoms with van der Waals surface area (Å²) in [4.78, 5) is 13.6. The normalized spacial score (nSPS) is 12.2. The van der Waals surface area contributed by atoms with Crippen LogP contribution in [0.1, 0.15) is 6.92 Å². The first-order valence-corrected chi connectivity index (χ1v) is 6.82. The number of nitrogen functional groups attached to an aromatic ring is 1. The molecular weight excluding hydrogens is 260 g/mol. The molecule has 0 radical (unpaired) electrons. The number of carbonyl (C=O) groups is 1. The van der Waals surface area contributed by atoms with E-state index in [2.05, 4.69) is 0 Å². The van der Waals surface area contributed by atoms with Gasteiger partial charge in [-0.25, -0.2) is 0 Å². The third-order valence-electron chi connectivity index (χ3n) is 2.39. The Hall–Kier alpha value is -1.07. The lowest BCUT2D eigenvalue weighted by atomic mass is 10.3. The predicted molar refractivity (Wildman–Crippen MR) is 70.5 cm³/mol. The molecule has 0 aliphatic rings. The summed E-state index contributed by atoms with van der Waals surface area (Å²) in [5, 5.41) is 0.354.